The topological polar surface area (TPSA) is 185 Å². The molecule has 4 unspecified atom stereocenters. The average Bonchev–Trinajstić information content (AvgIpc) is 3.96. The summed E-state index contributed by atoms with van der Waals surface area (Å²) in [6.45, 7) is 12.5. The van der Waals surface area contributed by atoms with Crippen molar-refractivity contribution in [3.63, 3.8) is 0 Å². The lowest BCUT2D eigenvalue weighted by Gasteiger charge is -2.37. The van der Waals surface area contributed by atoms with Gasteiger partial charge in [0.05, 0.1) is 55.3 Å². The summed E-state index contributed by atoms with van der Waals surface area (Å²) in [5.74, 6) is -2.92. The van der Waals surface area contributed by atoms with Crippen molar-refractivity contribution >= 4 is 75.3 Å². The predicted octanol–water partition coefficient (Wildman–Crippen LogP) is 10.3. The Balaban J connectivity index is 0.893. The summed E-state index contributed by atoms with van der Waals surface area (Å²) in [5.41, 5.74) is 1.68. The average molecular weight is 1090 g/mol. The van der Waals surface area contributed by atoms with Gasteiger partial charge in [0.25, 0.3) is 5.91 Å². The Bertz CT molecular complexity index is 3210. The maximum Gasteiger partial charge on any atom is 0.251 e. The zero-order chi connectivity index (χ0) is 53.2. The molecule has 386 valence electrons. The molecule has 4 heterocycles. The number of nitrogens with one attached hydrogen (secondary N) is 4. The number of carbonyl (C=O) groups is 3. The third kappa shape index (κ3) is 10.9. The molecular weight excluding hydrogens is 1030 g/mol. The van der Waals surface area contributed by atoms with E-state index in [4.69, 9.17) is 49.3 Å². The first-order valence-electron chi connectivity index (χ1n) is 23.8. The summed E-state index contributed by atoms with van der Waals surface area (Å²) in [6, 6.07) is 19.7. The third-order valence-corrected chi connectivity index (χ3v) is 15.3. The van der Waals surface area contributed by atoms with Crippen molar-refractivity contribution < 1.29 is 32.6 Å². The number of fused-ring (bicyclic) bond motifs is 3. The number of aromatic nitrogens is 3. The first-order chi connectivity index (χ1) is 35.3. The summed E-state index contributed by atoms with van der Waals surface area (Å²) in [7, 11) is 1.37. The van der Waals surface area contributed by atoms with Crippen molar-refractivity contribution in [3.05, 3.63) is 155 Å². The number of hydrogen-bond acceptors (Lipinski definition) is 11. The molecule has 14 nitrogen and oxygen atoms in total. The Morgan fingerprint density at radius 1 is 0.932 bits per heavy atom. The number of rotatable bonds is 16. The van der Waals surface area contributed by atoms with Gasteiger partial charge in [-0.1, -0.05) is 85.9 Å². The molecule has 5 atom stereocenters. The van der Waals surface area contributed by atoms with Crippen LogP contribution in [0, 0.1) is 49.2 Å². The highest BCUT2D eigenvalue weighted by Gasteiger charge is 2.61. The van der Waals surface area contributed by atoms with Gasteiger partial charge in [-0.25, -0.2) is 8.78 Å². The van der Waals surface area contributed by atoms with Crippen LogP contribution in [0.25, 0.3) is 5.00 Å². The second-order valence-electron chi connectivity index (χ2n) is 19.4. The zero-order valence-electron chi connectivity index (χ0n) is 41.6. The molecule has 0 spiro atoms. The first-order valence-corrected chi connectivity index (χ1v) is 25.8. The van der Waals surface area contributed by atoms with E-state index >= 15 is 8.78 Å². The van der Waals surface area contributed by atoms with Crippen molar-refractivity contribution in [1.82, 2.24) is 30.7 Å². The molecule has 8 rings (SSSR count). The normalized spacial score (nSPS) is 19.1. The van der Waals surface area contributed by atoms with E-state index in [1.54, 1.807) is 11.3 Å². The fraction of sp³-hybridized carbons (Fsp3) is 0.352. The van der Waals surface area contributed by atoms with Gasteiger partial charge in [-0.05, 0) is 92.3 Å². The number of aryl methyl sites for hydroxylation is 2. The fourth-order valence-electron chi connectivity index (χ4n) is 9.79. The standard InChI is InChI=1S/C54H54Cl3F2N9O5S/c1-28-29(2)74-52-44(28)47(31-11-14-33(55)15-12-31)63-40(49-67-66-30(3)68(49)52)25-43(69)61-19-21-73-22-20-62-50(70)32-13-18-39(41(23-32)72-7)64-51(71)48-45(35-9-8-10-37(57)46(35)59)54(27-60,42(65-48)26-53(4,5)6)36-17-16-34(56)24-38(36)58/h8-18,23-24,40,42,45,48,65H,19-22,25-26H2,1-7H3,(H,61,69)(H,62,70)(H,64,71)/t40-,42?,45?,48?,54?/m0/s1. The van der Waals surface area contributed by atoms with E-state index in [1.165, 1.54) is 55.6 Å². The van der Waals surface area contributed by atoms with Crippen molar-refractivity contribution in [1.29, 1.82) is 5.26 Å². The van der Waals surface area contributed by atoms with Crippen molar-refractivity contribution in [3.8, 4) is 16.8 Å². The number of anilines is 1. The maximum absolute atomic E-state index is 16.2. The molecule has 2 aromatic heterocycles. The smallest absolute Gasteiger partial charge is 0.251 e. The molecule has 0 radical (unpaired) electrons. The summed E-state index contributed by atoms with van der Waals surface area (Å²) in [6.07, 6.45) is 0.295. The molecule has 3 amide bonds. The number of benzene rings is 4. The van der Waals surface area contributed by atoms with E-state index in [0.717, 1.165) is 38.3 Å². The molecule has 1 fully saturated rings. The molecule has 74 heavy (non-hydrogen) atoms. The van der Waals surface area contributed by atoms with Crippen molar-refractivity contribution in [2.45, 2.75) is 83.8 Å². The van der Waals surface area contributed by atoms with Gasteiger partial charge in [0.1, 0.15) is 39.7 Å². The number of hydrogen-bond donors (Lipinski definition) is 4. The predicted molar refractivity (Wildman–Crippen MR) is 283 cm³/mol. The minimum Gasteiger partial charge on any atom is -0.495 e. The molecule has 2 aliphatic rings. The zero-order valence-corrected chi connectivity index (χ0v) is 44.7. The second-order valence-corrected chi connectivity index (χ2v) is 21.9. The third-order valence-electron chi connectivity index (χ3n) is 13.3. The van der Waals surface area contributed by atoms with Crippen molar-refractivity contribution in [2.24, 2.45) is 10.4 Å². The van der Waals surface area contributed by atoms with Crippen LogP contribution in [0.15, 0.2) is 83.9 Å². The van der Waals surface area contributed by atoms with Gasteiger partial charge >= 0.3 is 0 Å². The Kier molecular flexibility index (Phi) is 16.3. The molecule has 0 aliphatic carbocycles. The largest absolute Gasteiger partial charge is 0.495 e. The molecule has 1 saturated heterocycles. The van der Waals surface area contributed by atoms with Gasteiger partial charge in [-0.3, -0.25) is 23.9 Å². The van der Waals surface area contributed by atoms with E-state index < -0.39 is 58.3 Å². The van der Waals surface area contributed by atoms with Crippen LogP contribution in [-0.4, -0.2) is 83.7 Å². The number of nitrogens with zero attached hydrogens (tertiary/aromatic N) is 5. The van der Waals surface area contributed by atoms with Gasteiger partial charge in [-0.15, -0.1) is 21.5 Å². The summed E-state index contributed by atoms with van der Waals surface area (Å²) >= 11 is 20.3. The number of carbonyl (C=O) groups excluding carboxylic acids is 3. The maximum atomic E-state index is 16.2. The fourth-order valence-corrected chi connectivity index (χ4v) is 11.5. The number of halogens is 5. The number of ether oxygens (including phenoxy) is 2. The molecule has 2 aliphatic heterocycles. The van der Waals surface area contributed by atoms with Crippen LogP contribution in [0.5, 0.6) is 5.75 Å². The van der Waals surface area contributed by atoms with Gasteiger partial charge in [0.15, 0.2) is 5.82 Å². The number of aliphatic imine (C=N–C) groups is 1. The molecule has 4 N–H and O–H groups in total. The van der Waals surface area contributed by atoms with Crippen LogP contribution in [0.4, 0.5) is 14.5 Å². The van der Waals surface area contributed by atoms with E-state index in [1.807, 2.05) is 56.5 Å². The monoisotopic (exact) mass is 1080 g/mol. The van der Waals surface area contributed by atoms with Gasteiger partial charge in [0.2, 0.25) is 11.8 Å². The van der Waals surface area contributed by atoms with Gasteiger partial charge in [-0.2, -0.15) is 5.26 Å². The summed E-state index contributed by atoms with van der Waals surface area (Å²) in [5, 5.41) is 33.3. The lowest BCUT2D eigenvalue weighted by Crippen LogP contribution is -2.45. The molecule has 20 heteroatoms. The van der Waals surface area contributed by atoms with E-state index in [2.05, 4.69) is 51.4 Å². The van der Waals surface area contributed by atoms with E-state index in [-0.39, 0.29) is 83.2 Å². The molecule has 4 aromatic carbocycles. The van der Waals surface area contributed by atoms with E-state index in [9.17, 15) is 19.6 Å². The van der Waals surface area contributed by atoms with Crippen LogP contribution in [0.2, 0.25) is 15.1 Å². The Morgan fingerprint density at radius 2 is 1.65 bits per heavy atom. The quantitative estimate of drug-likeness (QED) is 0.0685. The number of amides is 3. The molecular formula is C54H54Cl3F2N9O5S. The number of nitriles is 1. The SMILES string of the molecule is COc1cc(C(=O)NCCOCCNC(=O)C[C@@H]2N=C(c3ccc(Cl)cc3)c3c(sc(C)c3C)-n3c(C)nnc32)ccc1NC(=O)C1NC(CC(C)(C)C)C(C#N)(c2ccc(Cl)cc2F)C1c1cccc(Cl)c1F. The minimum atomic E-state index is -1.83. The summed E-state index contributed by atoms with van der Waals surface area (Å²) in [4.78, 5) is 47.6. The Labute approximate surface area is 446 Å². The number of thiophene rings is 1. The molecule has 0 saturated carbocycles. The van der Waals surface area contributed by atoms with Crippen LogP contribution >= 0.6 is 46.1 Å². The highest BCUT2D eigenvalue weighted by atomic mass is 35.5. The van der Waals surface area contributed by atoms with Crippen LogP contribution in [0.3, 0.4) is 0 Å². The Morgan fingerprint density at radius 3 is 2.34 bits per heavy atom. The summed E-state index contributed by atoms with van der Waals surface area (Å²) < 4.78 is 45.6. The van der Waals surface area contributed by atoms with Gasteiger partial charge < -0.3 is 30.7 Å². The lowest BCUT2D eigenvalue weighted by atomic mass is 9.62. The Hall–Kier alpha value is -6.26. The molecule has 6 aromatic rings. The van der Waals surface area contributed by atoms with Crippen molar-refractivity contribution in [2.75, 3.05) is 38.7 Å². The van der Waals surface area contributed by atoms with Gasteiger partial charge in [0, 0.05) is 62.2 Å². The highest BCUT2D eigenvalue weighted by Crippen LogP contribution is 2.53. The minimum absolute atomic E-state index is 0.0104. The highest BCUT2D eigenvalue weighted by molar-refractivity contribution is 7.15. The van der Waals surface area contributed by atoms with Crippen LogP contribution < -0.4 is 26.0 Å². The second kappa shape index (κ2) is 22.3. The molecule has 0 bridgehead atoms. The lowest BCUT2D eigenvalue weighted by molar-refractivity contribution is -0.121. The van der Waals surface area contributed by atoms with Crippen LogP contribution in [-0.2, 0) is 19.7 Å². The first kappa shape index (κ1) is 54.0. The van der Waals surface area contributed by atoms with E-state index in [0.29, 0.717) is 16.7 Å². The number of methoxy groups -OCH3 is 1. The van der Waals surface area contributed by atoms with Crippen LogP contribution in [0.1, 0.15) is 100 Å².